The van der Waals surface area contributed by atoms with E-state index in [0.717, 1.165) is 11.8 Å². The standard InChI is InChI=1S/C41H31NO10S/c43-36(26-15-5-1-6-16-26)47-25-32-33(50-37(44)27-17-7-2-8-18-27)34(51-38(45)28-19-9-3-10-20-28)35(52-39(46)29-21-11-4-12-22-29)40(48-32)53-41-42-30-23-13-14-24-31(30)49-41/h1-24,32-35,40H,25H2/t32-,33-,34+,35-,40+/m1/s1. The summed E-state index contributed by atoms with van der Waals surface area (Å²) >= 11 is 0.964. The van der Waals surface area contributed by atoms with Crippen LogP contribution >= 0.6 is 11.8 Å². The summed E-state index contributed by atoms with van der Waals surface area (Å²) in [5.41, 5.74) is 0.758. The number of hydrogen-bond acceptors (Lipinski definition) is 12. The van der Waals surface area contributed by atoms with E-state index < -0.39 is 60.3 Å². The van der Waals surface area contributed by atoms with Crippen LogP contribution < -0.4 is 0 Å². The summed E-state index contributed by atoms with van der Waals surface area (Å²) in [6.45, 7) is -0.441. The van der Waals surface area contributed by atoms with E-state index in [1.165, 1.54) is 0 Å². The number of fused-ring (bicyclic) bond motifs is 1. The molecule has 0 N–H and O–H groups in total. The summed E-state index contributed by atoms with van der Waals surface area (Å²) in [5.74, 6) is -2.99. The molecule has 5 aromatic carbocycles. The fourth-order valence-corrected chi connectivity index (χ4v) is 6.65. The molecule has 0 saturated carbocycles. The van der Waals surface area contributed by atoms with Gasteiger partial charge in [-0.25, -0.2) is 24.2 Å². The average Bonchev–Trinajstić information content (AvgIpc) is 3.63. The van der Waals surface area contributed by atoms with E-state index in [4.69, 9.17) is 28.1 Å². The number of para-hydroxylation sites is 2. The second-order valence-electron chi connectivity index (χ2n) is 11.8. The van der Waals surface area contributed by atoms with Crippen molar-refractivity contribution in [3.63, 3.8) is 0 Å². The molecule has 266 valence electrons. The molecule has 0 aliphatic carbocycles. The van der Waals surface area contributed by atoms with E-state index >= 15 is 0 Å². The predicted octanol–water partition coefficient (Wildman–Crippen LogP) is 7.18. The molecule has 0 spiro atoms. The van der Waals surface area contributed by atoms with Crippen LogP contribution in [-0.2, 0) is 23.7 Å². The van der Waals surface area contributed by atoms with Gasteiger partial charge in [0, 0.05) is 0 Å². The fourth-order valence-electron chi connectivity index (χ4n) is 5.62. The highest BCUT2D eigenvalue weighted by molar-refractivity contribution is 7.99. The molecule has 1 aliphatic heterocycles. The third kappa shape index (κ3) is 8.46. The minimum Gasteiger partial charge on any atom is -0.459 e. The van der Waals surface area contributed by atoms with Gasteiger partial charge in [0.15, 0.2) is 29.3 Å². The Morgan fingerprint density at radius 1 is 0.528 bits per heavy atom. The molecular weight excluding hydrogens is 699 g/mol. The molecule has 1 aromatic heterocycles. The van der Waals surface area contributed by atoms with Crippen molar-refractivity contribution in [3.8, 4) is 0 Å². The van der Waals surface area contributed by atoms with Gasteiger partial charge in [0.1, 0.15) is 18.2 Å². The van der Waals surface area contributed by atoms with Gasteiger partial charge in [0.2, 0.25) is 0 Å². The lowest BCUT2D eigenvalue weighted by atomic mass is 9.98. The molecule has 5 atom stereocenters. The van der Waals surface area contributed by atoms with E-state index in [2.05, 4.69) is 4.98 Å². The van der Waals surface area contributed by atoms with Gasteiger partial charge in [-0.1, -0.05) is 84.9 Å². The van der Waals surface area contributed by atoms with Crippen LogP contribution in [0.25, 0.3) is 11.1 Å². The quantitative estimate of drug-likeness (QED) is 0.0986. The Labute approximate surface area is 307 Å². The van der Waals surface area contributed by atoms with E-state index in [1.54, 1.807) is 140 Å². The molecule has 11 nitrogen and oxygen atoms in total. The van der Waals surface area contributed by atoms with Crippen molar-refractivity contribution in [1.29, 1.82) is 0 Å². The van der Waals surface area contributed by atoms with E-state index in [0.29, 0.717) is 11.1 Å². The molecule has 12 heteroatoms. The maximum Gasteiger partial charge on any atom is 0.338 e. The number of carbonyl (C=O) groups excluding carboxylic acids is 4. The number of thioether (sulfide) groups is 1. The van der Waals surface area contributed by atoms with Crippen molar-refractivity contribution in [1.82, 2.24) is 4.98 Å². The number of aromatic nitrogens is 1. The van der Waals surface area contributed by atoms with Gasteiger partial charge in [0.25, 0.3) is 5.22 Å². The van der Waals surface area contributed by atoms with Gasteiger partial charge >= 0.3 is 23.9 Å². The Hall–Kier alpha value is -6.24. The molecule has 0 bridgehead atoms. The van der Waals surface area contributed by atoms with Crippen LogP contribution in [-0.4, -0.2) is 65.3 Å². The Bertz CT molecular complexity index is 2150. The van der Waals surface area contributed by atoms with Crippen molar-refractivity contribution in [2.45, 2.75) is 35.1 Å². The number of esters is 4. The van der Waals surface area contributed by atoms with Crippen LogP contribution in [0.5, 0.6) is 0 Å². The number of ether oxygens (including phenoxy) is 5. The van der Waals surface area contributed by atoms with Gasteiger partial charge in [0.05, 0.1) is 22.3 Å². The molecule has 0 radical (unpaired) electrons. The van der Waals surface area contributed by atoms with Gasteiger partial charge < -0.3 is 28.1 Å². The molecule has 6 aromatic rings. The molecule has 7 rings (SSSR count). The number of oxazole rings is 1. The molecule has 2 heterocycles. The van der Waals surface area contributed by atoms with Crippen LogP contribution in [0.3, 0.4) is 0 Å². The minimum atomic E-state index is -1.49. The van der Waals surface area contributed by atoms with Crippen LogP contribution in [0.4, 0.5) is 0 Å². The predicted molar refractivity (Wildman–Crippen MR) is 192 cm³/mol. The smallest absolute Gasteiger partial charge is 0.338 e. The molecule has 1 saturated heterocycles. The van der Waals surface area contributed by atoms with E-state index in [-0.39, 0.29) is 27.5 Å². The third-order valence-electron chi connectivity index (χ3n) is 8.23. The first-order valence-corrected chi connectivity index (χ1v) is 17.5. The maximum absolute atomic E-state index is 13.8. The molecule has 0 unspecified atom stereocenters. The second-order valence-corrected chi connectivity index (χ2v) is 12.8. The Balaban J connectivity index is 1.30. The number of hydrogen-bond donors (Lipinski definition) is 0. The van der Waals surface area contributed by atoms with Crippen molar-refractivity contribution in [2.75, 3.05) is 6.61 Å². The first-order chi connectivity index (χ1) is 25.9. The van der Waals surface area contributed by atoms with Crippen molar-refractivity contribution in [3.05, 3.63) is 168 Å². The summed E-state index contributed by atoms with van der Waals surface area (Å²) in [4.78, 5) is 58.9. The Morgan fingerprint density at radius 2 is 0.962 bits per heavy atom. The van der Waals surface area contributed by atoms with Crippen LogP contribution in [0.2, 0.25) is 0 Å². The minimum absolute atomic E-state index is 0.157. The Kier molecular flexibility index (Phi) is 10.9. The summed E-state index contributed by atoms with van der Waals surface area (Å²) in [6.07, 6.45) is -5.59. The molecule has 1 aliphatic rings. The summed E-state index contributed by atoms with van der Waals surface area (Å²) in [5, 5.41) is 0.157. The first-order valence-electron chi connectivity index (χ1n) is 16.6. The van der Waals surface area contributed by atoms with Gasteiger partial charge in [-0.2, -0.15) is 0 Å². The number of carbonyl (C=O) groups is 4. The highest BCUT2D eigenvalue weighted by Gasteiger charge is 2.54. The zero-order chi connectivity index (χ0) is 36.6. The Morgan fingerprint density at radius 3 is 1.47 bits per heavy atom. The highest BCUT2D eigenvalue weighted by atomic mass is 32.2. The van der Waals surface area contributed by atoms with Crippen LogP contribution in [0.1, 0.15) is 41.4 Å². The third-order valence-corrected chi connectivity index (χ3v) is 9.22. The largest absolute Gasteiger partial charge is 0.459 e. The van der Waals surface area contributed by atoms with E-state index in [9.17, 15) is 19.2 Å². The topological polar surface area (TPSA) is 140 Å². The lowest BCUT2D eigenvalue weighted by molar-refractivity contribution is -0.207. The zero-order valence-corrected chi connectivity index (χ0v) is 28.7. The summed E-state index contributed by atoms with van der Waals surface area (Å²) in [7, 11) is 0. The van der Waals surface area contributed by atoms with Crippen molar-refractivity contribution >= 4 is 46.7 Å². The summed E-state index contributed by atoms with van der Waals surface area (Å²) < 4.78 is 36.6. The fraction of sp³-hybridized carbons (Fsp3) is 0.146. The second kappa shape index (κ2) is 16.4. The SMILES string of the molecule is O=C(OC[C@H]1O[C@@H](Sc2nc3ccccc3o2)[C@H](OC(=O)c2ccccc2)[C@@H](OC(=O)c2ccccc2)[C@@H]1OC(=O)c1ccccc1)c1ccccc1. The molecule has 0 amide bonds. The molecular formula is C41H31NO10S. The number of benzene rings is 5. The van der Waals surface area contributed by atoms with E-state index in [1.807, 2.05) is 6.07 Å². The van der Waals surface area contributed by atoms with Gasteiger partial charge in [-0.3, -0.25) is 0 Å². The van der Waals surface area contributed by atoms with Gasteiger partial charge in [-0.05, 0) is 72.4 Å². The lowest BCUT2D eigenvalue weighted by Crippen LogP contribution is -2.61. The molecule has 1 fully saturated rings. The maximum atomic E-state index is 13.8. The van der Waals surface area contributed by atoms with Crippen LogP contribution in [0, 0.1) is 0 Å². The average molecular weight is 730 g/mol. The van der Waals surface area contributed by atoms with Crippen molar-refractivity contribution in [2.24, 2.45) is 0 Å². The first kappa shape index (κ1) is 35.2. The number of nitrogens with zero attached hydrogens (tertiary/aromatic N) is 1. The van der Waals surface area contributed by atoms with Crippen molar-refractivity contribution < 1.29 is 47.3 Å². The zero-order valence-electron chi connectivity index (χ0n) is 27.9. The summed E-state index contributed by atoms with van der Waals surface area (Å²) in [6, 6.07) is 40.0. The number of rotatable bonds is 11. The van der Waals surface area contributed by atoms with Gasteiger partial charge in [-0.15, -0.1) is 0 Å². The normalized spacial score (nSPS) is 19.5. The van der Waals surface area contributed by atoms with Crippen LogP contribution in [0.15, 0.2) is 155 Å². The highest BCUT2D eigenvalue weighted by Crippen LogP contribution is 2.39. The molecule has 53 heavy (non-hydrogen) atoms. The lowest BCUT2D eigenvalue weighted by Gasteiger charge is -2.44. The monoisotopic (exact) mass is 729 g/mol.